The van der Waals surface area contributed by atoms with Crippen LogP contribution in [0.4, 0.5) is 19.0 Å². The van der Waals surface area contributed by atoms with E-state index >= 15 is 0 Å². The highest BCUT2D eigenvalue weighted by atomic mass is 79.9. The molecule has 0 bridgehead atoms. The Bertz CT molecular complexity index is 553. The lowest BCUT2D eigenvalue weighted by Gasteiger charge is -2.10. The molecule has 92 valence electrons. The van der Waals surface area contributed by atoms with E-state index in [4.69, 9.17) is 10.3 Å². The quantitative estimate of drug-likeness (QED) is 0.925. The lowest BCUT2D eigenvalue weighted by atomic mass is 10.2. The van der Waals surface area contributed by atoms with E-state index in [1.54, 1.807) is 6.07 Å². The summed E-state index contributed by atoms with van der Waals surface area (Å²) in [6.07, 6.45) is -4.42. The van der Waals surface area contributed by atoms with Gasteiger partial charge in [0.15, 0.2) is 18.0 Å². The molecular weight excluding hydrogens is 305 g/mol. The first-order chi connectivity index (χ1) is 7.87. The van der Waals surface area contributed by atoms with Crippen molar-refractivity contribution in [1.82, 2.24) is 5.16 Å². The van der Waals surface area contributed by atoms with Crippen LogP contribution in [0, 0.1) is 0 Å². The fourth-order valence-electron chi connectivity index (χ4n) is 1.30. The van der Waals surface area contributed by atoms with Crippen LogP contribution in [0.25, 0.3) is 11.0 Å². The minimum Gasteiger partial charge on any atom is -0.483 e. The van der Waals surface area contributed by atoms with Crippen molar-refractivity contribution < 1.29 is 22.4 Å². The Balaban J connectivity index is 2.41. The third-order valence-corrected chi connectivity index (χ3v) is 2.38. The van der Waals surface area contributed by atoms with Crippen LogP contribution in [0.3, 0.4) is 0 Å². The van der Waals surface area contributed by atoms with Crippen LogP contribution >= 0.6 is 15.9 Å². The van der Waals surface area contributed by atoms with Gasteiger partial charge in [0.1, 0.15) is 11.1 Å². The van der Waals surface area contributed by atoms with Crippen molar-refractivity contribution in [3.8, 4) is 5.75 Å². The first-order valence-electron chi connectivity index (χ1n) is 4.41. The number of hydrogen-bond donors (Lipinski definition) is 1. The van der Waals surface area contributed by atoms with Crippen molar-refractivity contribution in [2.75, 3.05) is 12.3 Å². The second kappa shape index (κ2) is 4.10. The largest absolute Gasteiger partial charge is 0.483 e. The summed E-state index contributed by atoms with van der Waals surface area (Å²) in [7, 11) is 0. The number of aromatic nitrogens is 1. The zero-order valence-electron chi connectivity index (χ0n) is 8.21. The summed E-state index contributed by atoms with van der Waals surface area (Å²) in [5.41, 5.74) is 5.74. The normalized spacial score (nSPS) is 12.0. The van der Waals surface area contributed by atoms with Gasteiger partial charge in [-0.25, -0.2) is 0 Å². The lowest BCUT2D eigenvalue weighted by molar-refractivity contribution is -0.153. The van der Waals surface area contributed by atoms with E-state index in [-0.39, 0.29) is 22.5 Å². The second-order valence-electron chi connectivity index (χ2n) is 3.25. The summed E-state index contributed by atoms with van der Waals surface area (Å²) in [4.78, 5) is 0. The smallest absolute Gasteiger partial charge is 0.422 e. The van der Waals surface area contributed by atoms with Gasteiger partial charge in [-0.2, -0.15) is 13.2 Å². The molecule has 0 saturated carbocycles. The van der Waals surface area contributed by atoms with Crippen molar-refractivity contribution >= 4 is 32.7 Å². The van der Waals surface area contributed by atoms with Gasteiger partial charge in [0, 0.05) is 4.47 Å². The van der Waals surface area contributed by atoms with Crippen molar-refractivity contribution in [1.29, 1.82) is 0 Å². The van der Waals surface area contributed by atoms with Crippen molar-refractivity contribution in [3.05, 3.63) is 16.6 Å². The van der Waals surface area contributed by atoms with Gasteiger partial charge in [-0.3, -0.25) is 0 Å². The van der Waals surface area contributed by atoms with Gasteiger partial charge in [-0.15, -0.1) is 0 Å². The average molecular weight is 311 g/mol. The Morgan fingerprint density at radius 1 is 1.41 bits per heavy atom. The molecule has 0 fully saturated rings. The van der Waals surface area contributed by atoms with Crippen LogP contribution in [-0.2, 0) is 0 Å². The number of ether oxygens (including phenoxy) is 1. The van der Waals surface area contributed by atoms with Crippen LogP contribution < -0.4 is 10.5 Å². The Kier molecular flexibility index (Phi) is 2.90. The molecule has 0 amide bonds. The highest BCUT2D eigenvalue weighted by molar-refractivity contribution is 9.10. The molecular formula is C9H6BrF3N2O2. The predicted molar refractivity (Wildman–Crippen MR) is 57.7 cm³/mol. The molecule has 2 rings (SSSR count). The molecule has 2 N–H and O–H groups in total. The van der Waals surface area contributed by atoms with E-state index in [0.717, 1.165) is 0 Å². The summed E-state index contributed by atoms with van der Waals surface area (Å²) >= 11 is 3.12. The molecule has 4 nitrogen and oxygen atoms in total. The van der Waals surface area contributed by atoms with Crippen molar-refractivity contribution in [2.24, 2.45) is 0 Å². The molecule has 1 heterocycles. The fourth-order valence-corrected chi connectivity index (χ4v) is 1.72. The van der Waals surface area contributed by atoms with E-state index in [9.17, 15) is 13.2 Å². The zero-order valence-corrected chi connectivity index (χ0v) is 9.80. The zero-order chi connectivity index (χ0) is 12.6. The Labute approximate surface area is 102 Å². The monoisotopic (exact) mass is 310 g/mol. The Morgan fingerprint density at radius 3 is 2.76 bits per heavy atom. The SMILES string of the molecule is Nc1noc2cc(Br)cc(OCC(F)(F)F)c12. The van der Waals surface area contributed by atoms with E-state index in [2.05, 4.69) is 25.8 Å². The van der Waals surface area contributed by atoms with Crippen molar-refractivity contribution in [2.45, 2.75) is 6.18 Å². The number of alkyl halides is 3. The topological polar surface area (TPSA) is 61.3 Å². The molecule has 1 aromatic heterocycles. The summed E-state index contributed by atoms with van der Waals surface area (Å²) in [5, 5.41) is 3.70. The summed E-state index contributed by atoms with van der Waals surface area (Å²) in [5.74, 6) is -0.0323. The van der Waals surface area contributed by atoms with Crippen LogP contribution in [0.5, 0.6) is 5.75 Å². The molecule has 0 unspecified atom stereocenters. The minimum absolute atomic E-state index is 0.00956. The molecule has 0 aliphatic carbocycles. The molecule has 0 aliphatic rings. The molecule has 0 radical (unpaired) electrons. The highest BCUT2D eigenvalue weighted by Crippen LogP contribution is 2.34. The molecule has 8 heteroatoms. The van der Waals surface area contributed by atoms with Crippen LogP contribution in [-0.4, -0.2) is 17.9 Å². The van der Waals surface area contributed by atoms with E-state index in [0.29, 0.717) is 4.47 Å². The molecule has 0 atom stereocenters. The van der Waals surface area contributed by atoms with Gasteiger partial charge in [-0.05, 0) is 12.1 Å². The van der Waals surface area contributed by atoms with Crippen molar-refractivity contribution in [3.63, 3.8) is 0 Å². The summed E-state index contributed by atoms with van der Waals surface area (Å²) < 4.78 is 46.2. The molecule has 2 aromatic rings. The van der Waals surface area contributed by atoms with Crippen LogP contribution in [0.2, 0.25) is 0 Å². The van der Waals surface area contributed by atoms with Gasteiger partial charge in [0.2, 0.25) is 0 Å². The third-order valence-electron chi connectivity index (χ3n) is 1.92. The Morgan fingerprint density at radius 2 is 2.12 bits per heavy atom. The number of hydrogen-bond acceptors (Lipinski definition) is 4. The fraction of sp³-hybridized carbons (Fsp3) is 0.222. The number of benzene rings is 1. The molecule has 0 spiro atoms. The first-order valence-corrected chi connectivity index (χ1v) is 5.20. The number of rotatable bonds is 2. The van der Waals surface area contributed by atoms with E-state index < -0.39 is 12.8 Å². The van der Waals surface area contributed by atoms with Gasteiger partial charge in [0.25, 0.3) is 0 Å². The van der Waals surface area contributed by atoms with Crippen LogP contribution in [0.1, 0.15) is 0 Å². The van der Waals surface area contributed by atoms with E-state index in [1.807, 2.05) is 0 Å². The third kappa shape index (κ3) is 2.63. The van der Waals surface area contributed by atoms with Crippen LogP contribution in [0.15, 0.2) is 21.1 Å². The number of halogens is 4. The highest BCUT2D eigenvalue weighted by Gasteiger charge is 2.29. The maximum absolute atomic E-state index is 12.1. The van der Waals surface area contributed by atoms with Gasteiger partial charge >= 0.3 is 6.18 Å². The Hall–Kier alpha value is -1.44. The number of nitrogen functional groups attached to an aromatic ring is 1. The number of fused-ring (bicyclic) bond motifs is 1. The second-order valence-corrected chi connectivity index (χ2v) is 4.16. The molecule has 17 heavy (non-hydrogen) atoms. The standard InChI is InChI=1S/C9H6BrF3N2O2/c10-4-1-5(16-3-9(11,12)13)7-6(2-4)17-15-8(7)14/h1-2H,3H2,(H2,14,15). The summed E-state index contributed by atoms with van der Waals surface area (Å²) in [6, 6.07) is 2.92. The number of nitrogens with two attached hydrogens (primary N) is 1. The number of anilines is 1. The van der Waals surface area contributed by atoms with E-state index in [1.165, 1.54) is 6.07 Å². The molecule has 0 aliphatic heterocycles. The van der Waals surface area contributed by atoms with Gasteiger partial charge < -0.3 is 15.0 Å². The number of nitrogens with zero attached hydrogens (tertiary/aromatic N) is 1. The summed E-state index contributed by atoms with van der Waals surface area (Å²) in [6.45, 7) is -1.40. The predicted octanol–water partition coefficient (Wildman–Crippen LogP) is 3.11. The van der Waals surface area contributed by atoms with Gasteiger partial charge in [0.05, 0.1) is 0 Å². The minimum atomic E-state index is -4.42. The first kappa shape index (κ1) is 12.0. The van der Waals surface area contributed by atoms with Gasteiger partial charge in [-0.1, -0.05) is 21.1 Å². The maximum atomic E-state index is 12.1. The lowest BCUT2D eigenvalue weighted by Crippen LogP contribution is -2.19. The average Bonchev–Trinajstić information content (AvgIpc) is 2.55. The molecule has 1 aromatic carbocycles. The molecule has 0 saturated heterocycles. The maximum Gasteiger partial charge on any atom is 0.422 e.